The van der Waals surface area contributed by atoms with Crippen LogP contribution in [0.4, 0.5) is 4.39 Å². The highest BCUT2D eigenvalue weighted by Crippen LogP contribution is 2.38. The Morgan fingerprint density at radius 2 is 1.82 bits per heavy atom. The number of halogens is 1. The fourth-order valence-corrected chi connectivity index (χ4v) is 4.60. The van der Waals surface area contributed by atoms with Gasteiger partial charge in [-0.3, -0.25) is 14.6 Å². The molecule has 0 saturated carbocycles. The molecule has 1 unspecified atom stereocenters. The number of allylic oxidation sites excluding steroid dienone is 1. The number of benzene rings is 2. The topological polar surface area (TPSA) is 88.6 Å². The molecule has 0 fully saturated rings. The predicted molar refractivity (Wildman–Crippen MR) is 140 cm³/mol. The van der Waals surface area contributed by atoms with Crippen LogP contribution in [-0.4, -0.2) is 40.8 Å². The van der Waals surface area contributed by atoms with Crippen molar-refractivity contribution >= 4 is 17.8 Å². The van der Waals surface area contributed by atoms with Crippen LogP contribution >= 0.6 is 0 Å². The van der Waals surface area contributed by atoms with E-state index in [1.165, 1.54) is 11.0 Å². The molecule has 0 saturated heterocycles. The molecule has 8 heteroatoms. The van der Waals surface area contributed by atoms with Crippen molar-refractivity contribution in [2.75, 3.05) is 13.2 Å². The van der Waals surface area contributed by atoms with Gasteiger partial charge in [-0.1, -0.05) is 36.4 Å². The fraction of sp³-hybridized carbons (Fsp3) is 0.267. The monoisotopic (exact) mass is 515 g/mol. The Kier molecular flexibility index (Phi) is 8.63. The van der Waals surface area contributed by atoms with Crippen molar-refractivity contribution in [1.29, 1.82) is 0 Å². The lowest BCUT2D eigenvalue weighted by Gasteiger charge is -2.34. The summed E-state index contributed by atoms with van der Waals surface area (Å²) in [5.41, 5.74) is 3.19. The molecule has 38 heavy (non-hydrogen) atoms. The number of esters is 1. The maximum Gasteiger partial charge on any atom is 0.336 e. The molecular weight excluding hydrogens is 485 g/mol. The molecule has 196 valence electrons. The molecule has 2 amide bonds. The molecule has 1 atom stereocenters. The second-order valence-corrected chi connectivity index (χ2v) is 9.00. The Morgan fingerprint density at radius 3 is 2.50 bits per heavy atom. The lowest BCUT2D eigenvalue weighted by molar-refractivity contribution is -0.140. The van der Waals surface area contributed by atoms with E-state index in [0.29, 0.717) is 29.8 Å². The Hall–Kier alpha value is -4.33. The fourth-order valence-electron chi connectivity index (χ4n) is 4.60. The summed E-state index contributed by atoms with van der Waals surface area (Å²) in [5.74, 6) is -2.18. The summed E-state index contributed by atoms with van der Waals surface area (Å²) in [7, 11) is 0. The summed E-state index contributed by atoms with van der Waals surface area (Å²) < 4.78 is 19.9. The number of carbonyl (C=O) groups excluding carboxylic acids is 3. The number of hydrogen-bond acceptors (Lipinski definition) is 5. The number of ether oxygens (including phenoxy) is 1. The zero-order valence-electron chi connectivity index (χ0n) is 21.4. The normalized spacial score (nSPS) is 15.4. The van der Waals surface area contributed by atoms with Crippen molar-refractivity contribution in [2.45, 2.75) is 39.2 Å². The average Bonchev–Trinajstić information content (AvgIpc) is 2.92. The van der Waals surface area contributed by atoms with E-state index in [-0.39, 0.29) is 37.0 Å². The first kappa shape index (κ1) is 26.7. The molecule has 2 heterocycles. The van der Waals surface area contributed by atoms with E-state index in [0.717, 1.165) is 11.3 Å². The summed E-state index contributed by atoms with van der Waals surface area (Å²) >= 11 is 0. The minimum atomic E-state index is -0.726. The molecule has 4 rings (SSSR count). The van der Waals surface area contributed by atoms with E-state index in [4.69, 9.17) is 4.74 Å². The molecule has 1 aliphatic heterocycles. The van der Waals surface area contributed by atoms with Crippen LogP contribution in [0.1, 0.15) is 53.4 Å². The second-order valence-electron chi connectivity index (χ2n) is 9.00. The number of rotatable bonds is 9. The van der Waals surface area contributed by atoms with Crippen LogP contribution in [0.3, 0.4) is 0 Å². The van der Waals surface area contributed by atoms with Crippen molar-refractivity contribution in [3.05, 3.63) is 112 Å². The third-order valence-electron chi connectivity index (χ3n) is 6.55. The van der Waals surface area contributed by atoms with Crippen LogP contribution in [0.25, 0.3) is 0 Å². The molecule has 0 radical (unpaired) electrons. The van der Waals surface area contributed by atoms with Gasteiger partial charge in [0.2, 0.25) is 5.91 Å². The van der Waals surface area contributed by atoms with Gasteiger partial charge in [-0.15, -0.1) is 0 Å². The summed E-state index contributed by atoms with van der Waals surface area (Å²) in [4.78, 5) is 44.4. The van der Waals surface area contributed by atoms with Gasteiger partial charge < -0.3 is 15.0 Å². The van der Waals surface area contributed by atoms with Crippen LogP contribution in [0.5, 0.6) is 0 Å². The Morgan fingerprint density at radius 1 is 1.08 bits per heavy atom. The van der Waals surface area contributed by atoms with Crippen LogP contribution in [-0.2, 0) is 27.3 Å². The van der Waals surface area contributed by atoms with E-state index in [2.05, 4.69) is 10.3 Å². The van der Waals surface area contributed by atoms with Gasteiger partial charge in [-0.25, -0.2) is 9.18 Å². The lowest BCUT2D eigenvalue weighted by atomic mass is 9.83. The van der Waals surface area contributed by atoms with Crippen molar-refractivity contribution in [2.24, 2.45) is 0 Å². The van der Waals surface area contributed by atoms with Gasteiger partial charge in [0, 0.05) is 48.5 Å². The Labute approximate surface area is 221 Å². The predicted octanol–water partition coefficient (Wildman–Crippen LogP) is 4.55. The van der Waals surface area contributed by atoms with Crippen molar-refractivity contribution < 1.29 is 23.5 Å². The number of aromatic nitrogens is 1. The van der Waals surface area contributed by atoms with Crippen molar-refractivity contribution in [1.82, 2.24) is 15.2 Å². The van der Waals surface area contributed by atoms with Crippen LogP contribution in [0.15, 0.2) is 84.2 Å². The van der Waals surface area contributed by atoms with Gasteiger partial charge >= 0.3 is 5.97 Å². The largest absolute Gasteiger partial charge is 0.463 e. The first-order valence-electron chi connectivity index (χ1n) is 12.6. The van der Waals surface area contributed by atoms with E-state index in [1.807, 2.05) is 18.2 Å². The molecule has 3 aromatic rings. The van der Waals surface area contributed by atoms with Crippen molar-refractivity contribution in [3.8, 4) is 0 Å². The summed E-state index contributed by atoms with van der Waals surface area (Å²) in [6, 6.07) is 18.8. The minimum Gasteiger partial charge on any atom is -0.463 e. The van der Waals surface area contributed by atoms with E-state index < -0.39 is 17.7 Å². The molecule has 1 aliphatic rings. The average molecular weight is 516 g/mol. The minimum absolute atomic E-state index is 0.0524. The van der Waals surface area contributed by atoms with Gasteiger partial charge in [-0.2, -0.15) is 0 Å². The Balaban J connectivity index is 1.49. The molecule has 0 aliphatic carbocycles. The number of carbonyl (C=O) groups is 3. The third-order valence-corrected chi connectivity index (χ3v) is 6.55. The van der Waals surface area contributed by atoms with Gasteiger partial charge in [-0.05, 0) is 55.3 Å². The first-order valence-corrected chi connectivity index (χ1v) is 12.6. The molecule has 7 nitrogen and oxygen atoms in total. The number of amides is 2. The second kappa shape index (κ2) is 12.3. The molecule has 0 bridgehead atoms. The zero-order chi connectivity index (χ0) is 27.1. The summed E-state index contributed by atoms with van der Waals surface area (Å²) in [6.07, 6.45) is 2.29. The van der Waals surface area contributed by atoms with Crippen molar-refractivity contribution in [3.63, 3.8) is 0 Å². The maximum atomic E-state index is 14.6. The standard InChI is InChI=1S/C30H30FN3O4/c1-3-38-30(37)28-20(2)34(27(35)18-25(28)24-9-4-5-10-26(24)31)19-21-11-13-22(14-12-21)29(36)33-17-15-23-8-6-7-16-32-23/h4-14,16,25H,3,15,17-19H2,1-2H3,(H,33,36). The lowest BCUT2D eigenvalue weighted by Crippen LogP contribution is -2.38. The van der Waals surface area contributed by atoms with Gasteiger partial charge in [0.15, 0.2) is 0 Å². The quantitative estimate of drug-likeness (QED) is 0.423. The number of nitrogens with zero attached hydrogens (tertiary/aromatic N) is 2. The van der Waals surface area contributed by atoms with Crippen LogP contribution < -0.4 is 5.32 Å². The third kappa shape index (κ3) is 6.14. The molecule has 1 N–H and O–H groups in total. The van der Waals surface area contributed by atoms with Crippen LogP contribution in [0, 0.1) is 5.82 Å². The highest BCUT2D eigenvalue weighted by molar-refractivity contribution is 5.96. The van der Waals surface area contributed by atoms with Gasteiger partial charge in [0.1, 0.15) is 5.82 Å². The van der Waals surface area contributed by atoms with E-state index in [1.54, 1.807) is 62.5 Å². The van der Waals surface area contributed by atoms with Crippen LogP contribution in [0.2, 0.25) is 0 Å². The molecule has 1 aromatic heterocycles. The SMILES string of the molecule is CCOC(=O)C1=C(C)N(Cc2ccc(C(=O)NCCc3ccccn3)cc2)C(=O)CC1c1ccccc1F. The highest BCUT2D eigenvalue weighted by atomic mass is 19.1. The van der Waals surface area contributed by atoms with E-state index >= 15 is 0 Å². The zero-order valence-corrected chi connectivity index (χ0v) is 21.4. The van der Waals surface area contributed by atoms with E-state index in [9.17, 15) is 18.8 Å². The molecular formula is C30H30FN3O4. The first-order chi connectivity index (χ1) is 18.4. The molecule has 0 spiro atoms. The highest BCUT2D eigenvalue weighted by Gasteiger charge is 2.37. The Bertz CT molecular complexity index is 1340. The number of hydrogen-bond donors (Lipinski definition) is 1. The maximum absolute atomic E-state index is 14.6. The number of pyridine rings is 1. The number of nitrogens with one attached hydrogen (secondary N) is 1. The smallest absolute Gasteiger partial charge is 0.336 e. The summed E-state index contributed by atoms with van der Waals surface area (Å²) in [5, 5.41) is 2.88. The van der Waals surface area contributed by atoms with Gasteiger partial charge in [0.25, 0.3) is 5.91 Å². The molecule has 2 aromatic carbocycles. The summed E-state index contributed by atoms with van der Waals surface area (Å²) in [6.45, 7) is 4.22. The van der Waals surface area contributed by atoms with Gasteiger partial charge in [0.05, 0.1) is 18.7 Å².